The number of hydrogen-bond donors (Lipinski definition) is 1. The van der Waals surface area contributed by atoms with Gasteiger partial charge in [0.1, 0.15) is 11.6 Å². The van der Waals surface area contributed by atoms with Gasteiger partial charge in [-0.2, -0.15) is 5.26 Å². The summed E-state index contributed by atoms with van der Waals surface area (Å²) in [4.78, 5) is 13.8. The van der Waals surface area contributed by atoms with E-state index in [1.807, 2.05) is 33.8 Å². The third kappa shape index (κ3) is 2.69. The molecule has 1 aliphatic heterocycles. The monoisotopic (exact) mass is 272 g/mol. The number of nitrogens with zero attached hydrogens (tertiary/aromatic N) is 1. The third-order valence-corrected chi connectivity index (χ3v) is 3.76. The molecule has 0 radical (unpaired) electrons. The van der Waals surface area contributed by atoms with Crippen molar-refractivity contribution in [3.63, 3.8) is 0 Å². The molecule has 5 nitrogen and oxygen atoms in total. The number of nitrogens with one attached hydrogen (secondary N) is 1. The number of hydrogen-bond acceptors (Lipinski definition) is 4. The summed E-state index contributed by atoms with van der Waals surface area (Å²) < 4.78 is 11.6. The number of H-pyrrole nitrogens is 1. The van der Waals surface area contributed by atoms with Crippen LogP contribution in [0, 0.1) is 11.3 Å². The van der Waals surface area contributed by atoms with E-state index in [0.29, 0.717) is 0 Å². The van der Waals surface area contributed by atoms with Crippen molar-refractivity contribution in [1.82, 2.24) is 4.98 Å². The van der Waals surface area contributed by atoms with Crippen LogP contribution in [-0.2, 0) is 9.31 Å². The normalized spacial score (nSPS) is 20.2. The summed E-state index contributed by atoms with van der Waals surface area (Å²) in [5, 5.41) is 8.82. The highest BCUT2D eigenvalue weighted by Crippen LogP contribution is 2.36. The van der Waals surface area contributed by atoms with Crippen LogP contribution in [0.5, 0.6) is 0 Å². The van der Waals surface area contributed by atoms with Crippen molar-refractivity contribution in [3.05, 3.63) is 39.7 Å². The molecule has 1 aromatic heterocycles. The molecule has 104 valence electrons. The smallest absolute Gasteiger partial charge is 0.400 e. The van der Waals surface area contributed by atoms with E-state index < -0.39 is 7.12 Å². The Hall–Kier alpha value is -1.84. The molecule has 1 N–H and O–H groups in total. The Morgan fingerprint density at radius 2 is 1.90 bits per heavy atom. The van der Waals surface area contributed by atoms with Crippen LogP contribution in [0.15, 0.2) is 23.0 Å². The maximum atomic E-state index is 11.3. The SMILES string of the molecule is CC1(C)OB(/C=C/c2c[nH]c(=O)c(C#N)c2)OC1(C)C. The van der Waals surface area contributed by atoms with Gasteiger partial charge in [0.2, 0.25) is 0 Å². The van der Waals surface area contributed by atoms with E-state index in [-0.39, 0.29) is 22.3 Å². The molecule has 1 aliphatic rings. The predicted octanol–water partition coefficient (Wildman–Crippen LogP) is 1.89. The molecule has 6 heteroatoms. The number of nitriles is 1. The van der Waals surface area contributed by atoms with Crippen molar-refractivity contribution in [2.75, 3.05) is 0 Å². The van der Waals surface area contributed by atoms with Gasteiger partial charge in [0.15, 0.2) is 0 Å². The van der Waals surface area contributed by atoms with Crippen molar-refractivity contribution < 1.29 is 9.31 Å². The highest BCUT2D eigenvalue weighted by atomic mass is 16.7. The van der Waals surface area contributed by atoms with Crippen LogP contribution in [0.2, 0.25) is 0 Å². The van der Waals surface area contributed by atoms with Gasteiger partial charge in [-0.3, -0.25) is 4.79 Å². The standard InChI is InChI=1S/C14H17BN2O3/c1-13(2)14(3,4)20-15(19-13)6-5-10-7-11(8-16)12(18)17-9-10/h5-7,9H,1-4H3,(H,17,18)/b6-5+. The molecule has 2 heterocycles. The average molecular weight is 272 g/mol. The van der Waals surface area contributed by atoms with Crippen LogP contribution in [0.1, 0.15) is 38.8 Å². The lowest BCUT2D eigenvalue weighted by atomic mass is 9.89. The van der Waals surface area contributed by atoms with Crippen LogP contribution in [-0.4, -0.2) is 23.3 Å². The molecule has 2 rings (SSSR count). The first kappa shape index (κ1) is 14.6. The molecule has 0 aromatic carbocycles. The summed E-state index contributed by atoms with van der Waals surface area (Å²) in [6.07, 6.45) is 3.31. The Labute approximate surface area is 118 Å². The topological polar surface area (TPSA) is 75.1 Å². The molecule has 1 fully saturated rings. The van der Waals surface area contributed by atoms with E-state index in [9.17, 15) is 4.79 Å². The number of rotatable bonds is 2. The van der Waals surface area contributed by atoms with Gasteiger partial charge in [-0.25, -0.2) is 0 Å². The maximum absolute atomic E-state index is 11.3. The highest BCUT2D eigenvalue weighted by molar-refractivity contribution is 6.52. The van der Waals surface area contributed by atoms with E-state index >= 15 is 0 Å². The molecule has 0 bridgehead atoms. The predicted molar refractivity (Wildman–Crippen MR) is 76.9 cm³/mol. The van der Waals surface area contributed by atoms with Crippen LogP contribution >= 0.6 is 0 Å². The molecular formula is C14H17BN2O3. The lowest BCUT2D eigenvalue weighted by molar-refractivity contribution is 0.00578. The summed E-state index contributed by atoms with van der Waals surface area (Å²) in [5.41, 5.74) is -0.354. The van der Waals surface area contributed by atoms with Crippen LogP contribution in [0.25, 0.3) is 6.08 Å². The van der Waals surface area contributed by atoms with Crippen molar-refractivity contribution in [2.24, 2.45) is 0 Å². The lowest BCUT2D eigenvalue weighted by Gasteiger charge is -2.32. The molecule has 0 aliphatic carbocycles. The first-order chi connectivity index (χ1) is 9.25. The van der Waals surface area contributed by atoms with Crippen LogP contribution in [0.3, 0.4) is 0 Å². The van der Waals surface area contributed by atoms with E-state index in [2.05, 4.69) is 4.98 Å². The fraction of sp³-hybridized carbons (Fsp3) is 0.429. The zero-order valence-electron chi connectivity index (χ0n) is 12.1. The van der Waals surface area contributed by atoms with Crippen molar-refractivity contribution in [1.29, 1.82) is 5.26 Å². The Morgan fingerprint density at radius 3 is 2.45 bits per heavy atom. The fourth-order valence-corrected chi connectivity index (χ4v) is 1.84. The van der Waals surface area contributed by atoms with Crippen molar-refractivity contribution >= 4 is 13.2 Å². The number of pyridine rings is 1. The van der Waals surface area contributed by atoms with Crippen molar-refractivity contribution in [2.45, 2.75) is 38.9 Å². The molecule has 1 saturated heterocycles. The molecule has 0 spiro atoms. The molecule has 0 amide bonds. The largest absolute Gasteiger partial charge is 0.487 e. The van der Waals surface area contributed by atoms with Gasteiger partial charge in [0.25, 0.3) is 5.56 Å². The minimum Gasteiger partial charge on any atom is -0.400 e. The molecular weight excluding hydrogens is 255 g/mol. The van der Waals surface area contributed by atoms with Crippen LogP contribution < -0.4 is 5.56 Å². The fourth-order valence-electron chi connectivity index (χ4n) is 1.84. The number of aromatic amines is 1. The van der Waals surface area contributed by atoms with E-state index in [0.717, 1.165) is 5.56 Å². The zero-order valence-corrected chi connectivity index (χ0v) is 12.1. The van der Waals surface area contributed by atoms with Gasteiger partial charge in [-0.15, -0.1) is 0 Å². The third-order valence-electron chi connectivity index (χ3n) is 3.76. The molecule has 0 atom stereocenters. The van der Waals surface area contributed by atoms with Gasteiger partial charge in [0.05, 0.1) is 11.2 Å². The van der Waals surface area contributed by atoms with Gasteiger partial charge >= 0.3 is 7.12 Å². The Morgan fingerprint density at radius 1 is 1.30 bits per heavy atom. The quantitative estimate of drug-likeness (QED) is 0.834. The second-order valence-corrected chi connectivity index (χ2v) is 5.77. The Bertz CT molecular complexity index is 625. The maximum Gasteiger partial charge on any atom is 0.487 e. The molecule has 1 aromatic rings. The van der Waals surface area contributed by atoms with E-state index in [1.54, 1.807) is 18.2 Å². The second-order valence-electron chi connectivity index (χ2n) is 5.77. The summed E-state index contributed by atoms with van der Waals surface area (Å²) in [6, 6.07) is 3.38. The summed E-state index contributed by atoms with van der Waals surface area (Å²) in [5.74, 6) is 1.77. The minimum absolute atomic E-state index is 0.0843. The Balaban J connectivity index is 2.16. The van der Waals surface area contributed by atoms with Gasteiger partial charge in [-0.05, 0) is 39.3 Å². The summed E-state index contributed by atoms with van der Waals surface area (Å²) in [7, 11) is -0.447. The van der Waals surface area contributed by atoms with Crippen LogP contribution in [0.4, 0.5) is 0 Å². The minimum atomic E-state index is -0.447. The van der Waals surface area contributed by atoms with E-state index in [1.165, 1.54) is 6.07 Å². The lowest BCUT2D eigenvalue weighted by Crippen LogP contribution is -2.41. The summed E-state index contributed by atoms with van der Waals surface area (Å²) in [6.45, 7) is 7.92. The molecule has 0 saturated carbocycles. The summed E-state index contributed by atoms with van der Waals surface area (Å²) >= 11 is 0. The zero-order chi connectivity index (χ0) is 15.0. The van der Waals surface area contributed by atoms with Gasteiger partial charge in [-0.1, -0.05) is 12.1 Å². The first-order valence-corrected chi connectivity index (χ1v) is 6.42. The van der Waals surface area contributed by atoms with Crippen molar-refractivity contribution in [3.8, 4) is 6.07 Å². The second kappa shape index (κ2) is 4.93. The number of aromatic nitrogens is 1. The average Bonchev–Trinajstić information content (AvgIpc) is 2.57. The molecule has 20 heavy (non-hydrogen) atoms. The van der Waals surface area contributed by atoms with Gasteiger partial charge < -0.3 is 14.3 Å². The van der Waals surface area contributed by atoms with E-state index in [4.69, 9.17) is 14.6 Å². The highest BCUT2D eigenvalue weighted by Gasteiger charge is 2.49. The Kier molecular flexibility index (Phi) is 3.59. The first-order valence-electron chi connectivity index (χ1n) is 6.42. The van der Waals surface area contributed by atoms with Gasteiger partial charge in [0, 0.05) is 6.20 Å². The molecule has 0 unspecified atom stereocenters.